The summed E-state index contributed by atoms with van der Waals surface area (Å²) in [6.07, 6.45) is 5.91. The van der Waals surface area contributed by atoms with E-state index < -0.39 is 0 Å². The molecule has 0 bridgehead atoms. The van der Waals surface area contributed by atoms with Gasteiger partial charge in [0.1, 0.15) is 0 Å². The fraction of sp³-hybridized carbons (Fsp3) is 0.161. The molecule has 0 saturated heterocycles. The Bertz CT molecular complexity index is 1610. The van der Waals surface area contributed by atoms with Crippen molar-refractivity contribution in [3.63, 3.8) is 0 Å². The first kappa shape index (κ1) is 18.7. The van der Waals surface area contributed by atoms with Crippen LogP contribution in [-0.4, -0.2) is 0 Å². The minimum absolute atomic E-state index is 0.0568. The molecule has 1 heteroatoms. The molecule has 7 rings (SSSR count). The fourth-order valence-corrected chi connectivity index (χ4v) is 6.64. The zero-order chi connectivity index (χ0) is 21.6. The third kappa shape index (κ3) is 2.38. The number of fused-ring (bicyclic) bond motifs is 2. The lowest BCUT2D eigenvalue weighted by atomic mass is 9.74. The van der Waals surface area contributed by atoms with Gasteiger partial charge in [-0.3, -0.25) is 0 Å². The average Bonchev–Trinajstić information content (AvgIpc) is 3.03. The van der Waals surface area contributed by atoms with E-state index in [4.69, 9.17) is 0 Å². The molecule has 0 fully saturated rings. The summed E-state index contributed by atoms with van der Waals surface area (Å²) in [5, 5.41) is 8.24. The van der Waals surface area contributed by atoms with Crippen molar-refractivity contribution >= 4 is 53.8 Å². The maximum atomic E-state index is 3.69. The van der Waals surface area contributed by atoms with E-state index in [9.17, 15) is 0 Å². The van der Waals surface area contributed by atoms with E-state index in [2.05, 4.69) is 115 Å². The van der Waals surface area contributed by atoms with E-state index in [1.165, 1.54) is 54.6 Å². The number of hydrogen-bond donors (Lipinski definition) is 0. The number of allylic oxidation sites excluding steroid dienone is 4. The van der Waals surface area contributed by atoms with E-state index >= 15 is 0 Å². The van der Waals surface area contributed by atoms with Crippen LogP contribution in [0.5, 0.6) is 0 Å². The van der Waals surface area contributed by atoms with Crippen LogP contribution in [0.1, 0.15) is 42.9 Å². The Balaban J connectivity index is 1.40. The van der Waals surface area contributed by atoms with Gasteiger partial charge in [0.2, 0.25) is 0 Å². The third-order valence-corrected chi connectivity index (χ3v) is 8.40. The summed E-state index contributed by atoms with van der Waals surface area (Å²) in [6, 6.07) is 27.3. The Kier molecular flexibility index (Phi) is 3.69. The second-order valence-electron chi connectivity index (χ2n) is 9.89. The molecule has 0 aliphatic heterocycles. The van der Waals surface area contributed by atoms with Gasteiger partial charge >= 0.3 is 0 Å². The van der Waals surface area contributed by atoms with Crippen molar-refractivity contribution in [3.05, 3.63) is 112 Å². The quantitative estimate of drug-likeness (QED) is 0.212. The van der Waals surface area contributed by atoms with Crippen LogP contribution in [-0.2, 0) is 5.41 Å². The summed E-state index contributed by atoms with van der Waals surface area (Å²) in [6.45, 7) is 4.78. The average molecular weight is 475 g/mol. The van der Waals surface area contributed by atoms with Gasteiger partial charge in [-0.15, -0.1) is 0 Å². The number of benzene rings is 5. The first-order valence-corrected chi connectivity index (χ1v) is 12.2. The van der Waals surface area contributed by atoms with Gasteiger partial charge in [0.05, 0.1) is 0 Å². The number of rotatable bonds is 1. The van der Waals surface area contributed by atoms with Crippen molar-refractivity contribution < 1.29 is 0 Å². The van der Waals surface area contributed by atoms with Gasteiger partial charge in [-0.05, 0) is 73.1 Å². The molecule has 0 N–H and O–H groups in total. The van der Waals surface area contributed by atoms with Crippen LogP contribution in [0.4, 0.5) is 0 Å². The largest absolute Gasteiger partial charge is 0.0760 e. The Hall–Kier alpha value is -2.90. The zero-order valence-corrected chi connectivity index (χ0v) is 19.8. The van der Waals surface area contributed by atoms with E-state index in [0.29, 0.717) is 5.92 Å². The monoisotopic (exact) mass is 474 g/mol. The maximum Gasteiger partial charge on any atom is 0.0178 e. The van der Waals surface area contributed by atoms with Crippen LogP contribution in [0.25, 0.3) is 37.9 Å². The smallest absolute Gasteiger partial charge is 0.0178 e. The van der Waals surface area contributed by atoms with Crippen molar-refractivity contribution in [3.8, 4) is 0 Å². The molecule has 2 aliphatic carbocycles. The van der Waals surface area contributed by atoms with E-state index in [-0.39, 0.29) is 5.41 Å². The molecular formula is C31H23Br. The van der Waals surface area contributed by atoms with Crippen LogP contribution in [0, 0.1) is 0 Å². The summed E-state index contributed by atoms with van der Waals surface area (Å²) in [7, 11) is 0. The van der Waals surface area contributed by atoms with Gasteiger partial charge < -0.3 is 0 Å². The molecule has 2 aliphatic rings. The van der Waals surface area contributed by atoms with Crippen LogP contribution >= 0.6 is 15.9 Å². The Labute approximate surface area is 196 Å². The Morgan fingerprint density at radius 1 is 0.812 bits per heavy atom. The summed E-state index contributed by atoms with van der Waals surface area (Å²) < 4.78 is 1.16. The lowest BCUT2D eigenvalue weighted by Gasteiger charge is -2.30. The normalized spacial score (nSPS) is 19.3. The summed E-state index contributed by atoms with van der Waals surface area (Å²) in [4.78, 5) is 0. The molecule has 0 saturated carbocycles. The van der Waals surface area contributed by atoms with Crippen molar-refractivity contribution in [1.29, 1.82) is 0 Å². The van der Waals surface area contributed by atoms with Crippen LogP contribution < -0.4 is 0 Å². The molecule has 0 radical (unpaired) electrons. The van der Waals surface area contributed by atoms with Crippen molar-refractivity contribution in [2.24, 2.45) is 0 Å². The Morgan fingerprint density at radius 3 is 2.34 bits per heavy atom. The molecule has 154 valence electrons. The van der Waals surface area contributed by atoms with Crippen molar-refractivity contribution in [2.75, 3.05) is 0 Å². The number of halogens is 1. The lowest BCUT2D eigenvalue weighted by Crippen LogP contribution is -2.19. The zero-order valence-electron chi connectivity index (χ0n) is 18.2. The minimum atomic E-state index is 0.0568. The SMILES string of the molecule is CC1(C)C2=C(C=CC(c3ccc4ccc5cccc6ccc3c4c56)C2)c2ccc(Br)cc21. The van der Waals surface area contributed by atoms with Crippen LogP contribution in [0.3, 0.4) is 0 Å². The van der Waals surface area contributed by atoms with Crippen molar-refractivity contribution in [2.45, 2.75) is 31.6 Å². The Morgan fingerprint density at radius 2 is 1.53 bits per heavy atom. The van der Waals surface area contributed by atoms with E-state index in [1.807, 2.05) is 0 Å². The van der Waals surface area contributed by atoms with Gasteiger partial charge in [-0.1, -0.05) is 108 Å². The first-order chi connectivity index (χ1) is 15.5. The highest BCUT2D eigenvalue weighted by Gasteiger charge is 2.39. The third-order valence-electron chi connectivity index (χ3n) is 7.91. The molecule has 32 heavy (non-hydrogen) atoms. The summed E-state index contributed by atoms with van der Waals surface area (Å²) in [5.74, 6) is 0.398. The first-order valence-electron chi connectivity index (χ1n) is 11.4. The molecular weight excluding hydrogens is 452 g/mol. The molecule has 0 aromatic heterocycles. The predicted octanol–water partition coefficient (Wildman–Crippen LogP) is 9.13. The van der Waals surface area contributed by atoms with Crippen molar-refractivity contribution in [1.82, 2.24) is 0 Å². The van der Waals surface area contributed by atoms with Gasteiger partial charge in [0.25, 0.3) is 0 Å². The standard InChI is InChI=1S/C31H23Br/c1-31(2)27-16-21(10-13-24(27)25-15-11-22(32)17-28(25)31)23-12-8-20-7-6-18-4-3-5-19-9-14-26(23)30(20)29(18)19/h3-15,17,21H,16H2,1-2H3. The molecule has 5 aromatic rings. The minimum Gasteiger partial charge on any atom is -0.0760 e. The highest BCUT2D eigenvalue weighted by molar-refractivity contribution is 9.10. The number of hydrogen-bond acceptors (Lipinski definition) is 0. The highest BCUT2D eigenvalue weighted by atomic mass is 79.9. The molecule has 1 unspecified atom stereocenters. The van der Waals surface area contributed by atoms with Gasteiger partial charge in [-0.25, -0.2) is 0 Å². The summed E-state index contributed by atoms with van der Waals surface area (Å²) >= 11 is 3.69. The fourth-order valence-electron chi connectivity index (χ4n) is 6.28. The van der Waals surface area contributed by atoms with Gasteiger partial charge in [0.15, 0.2) is 0 Å². The second kappa shape index (κ2) is 6.33. The summed E-state index contributed by atoms with van der Waals surface area (Å²) in [5.41, 5.74) is 7.36. The van der Waals surface area contributed by atoms with Gasteiger partial charge in [-0.2, -0.15) is 0 Å². The van der Waals surface area contributed by atoms with Crippen LogP contribution in [0.15, 0.2) is 95.0 Å². The molecule has 0 nitrogen and oxygen atoms in total. The van der Waals surface area contributed by atoms with Gasteiger partial charge in [0, 0.05) is 15.8 Å². The molecule has 1 atom stereocenters. The van der Waals surface area contributed by atoms with Crippen LogP contribution in [0.2, 0.25) is 0 Å². The maximum absolute atomic E-state index is 3.69. The molecule has 0 spiro atoms. The molecule has 0 heterocycles. The molecule has 0 amide bonds. The molecule has 5 aromatic carbocycles. The van der Waals surface area contributed by atoms with E-state index in [1.54, 1.807) is 5.57 Å². The van der Waals surface area contributed by atoms with E-state index in [0.717, 1.165) is 10.9 Å². The lowest BCUT2D eigenvalue weighted by molar-refractivity contribution is 0.591. The topological polar surface area (TPSA) is 0 Å². The predicted molar refractivity (Wildman–Crippen MR) is 141 cm³/mol. The highest BCUT2D eigenvalue weighted by Crippen LogP contribution is 2.53. The second-order valence-corrected chi connectivity index (χ2v) is 10.8.